The van der Waals surface area contributed by atoms with E-state index in [2.05, 4.69) is 24.0 Å². The number of methoxy groups -OCH3 is 1. The van der Waals surface area contributed by atoms with Crippen LogP contribution >= 0.6 is 0 Å². The fraction of sp³-hybridized carbons (Fsp3) is 0.318. The first kappa shape index (κ1) is 16.7. The van der Waals surface area contributed by atoms with Crippen LogP contribution in [-0.2, 0) is 12.8 Å². The van der Waals surface area contributed by atoms with Gasteiger partial charge in [0.2, 0.25) is 0 Å². The summed E-state index contributed by atoms with van der Waals surface area (Å²) in [5.41, 5.74) is 7.56. The summed E-state index contributed by atoms with van der Waals surface area (Å²) in [7, 11) is 1.70. The lowest BCUT2D eigenvalue weighted by atomic mass is 9.91. The summed E-state index contributed by atoms with van der Waals surface area (Å²) < 4.78 is 5.41. The highest BCUT2D eigenvalue weighted by molar-refractivity contribution is 5.69. The Hall–Kier alpha value is -2.75. The number of benzene rings is 1. The van der Waals surface area contributed by atoms with E-state index in [1.54, 1.807) is 7.11 Å². The topological polar surface area (TPSA) is 47.9 Å². The number of fused-ring (bicyclic) bond motifs is 1. The summed E-state index contributed by atoms with van der Waals surface area (Å²) in [6.07, 6.45) is 4.43. The van der Waals surface area contributed by atoms with Crippen molar-refractivity contribution in [2.24, 2.45) is 0 Å². The van der Waals surface area contributed by atoms with Crippen LogP contribution < -0.4 is 4.74 Å². The van der Waals surface area contributed by atoms with E-state index in [1.165, 1.54) is 24.1 Å². The van der Waals surface area contributed by atoms with Gasteiger partial charge in [0.25, 0.3) is 0 Å². The lowest BCUT2D eigenvalue weighted by Crippen LogP contribution is -2.11. The van der Waals surface area contributed by atoms with Gasteiger partial charge in [-0.3, -0.25) is 0 Å². The molecule has 0 N–H and O–H groups in total. The third kappa shape index (κ3) is 3.07. The SMILES string of the molecule is COc1ccc(-c2nc(-c3cccc(C)n3)nc3c2CCCC3)cc1C. The number of hydrogen-bond acceptors (Lipinski definition) is 4. The number of aromatic nitrogens is 3. The van der Waals surface area contributed by atoms with Gasteiger partial charge in [-0.2, -0.15) is 0 Å². The maximum absolute atomic E-state index is 5.41. The van der Waals surface area contributed by atoms with Crippen molar-refractivity contribution in [2.45, 2.75) is 39.5 Å². The van der Waals surface area contributed by atoms with E-state index >= 15 is 0 Å². The fourth-order valence-electron chi connectivity index (χ4n) is 3.64. The molecule has 0 bridgehead atoms. The first-order valence-electron chi connectivity index (χ1n) is 9.14. The number of nitrogens with zero attached hydrogens (tertiary/aromatic N) is 3. The summed E-state index contributed by atoms with van der Waals surface area (Å²) in [6, 6.07) is 12.3. The van der Waals surface area contributed by atoms with Crippen molar-refractivity contribution in [3.05, 3.63) is 58.9 Å². The van der Waals surface area contributed by atoms with E-state index in [-0.39, 0.29) is 0 Å². The van der Waals surface area contributed by atoms with Crippen molar-refractivity contribution in [2.75, 3.05) is 7.11 Å². The third-order valence-electron chi connectivity index (χ3n) is 4.97. The molecule has 4 nitrogen and oxygen atoms in total. The Kier molecular flexibility index (Phi) is 4.41. The van der Waals surface area contributed by atoms with Gasteiger partial charge in [0.05, 0.1) is 12.8 Å². The van der Waals surface area contributed by atoms with E-state index in [4.69, 9.17) is 14.7 Å². The molecule has 0 aliphatic heterocycles. The first-order valence-corrected chi connectivity index (χ1v) is 9.14. The van der Waals surface area contributed by atoms with Crippen molar-refractivity contribution < 1.29 is 4.74 Å². The lowest BCUT2D eigenvalue weighted by molar-refractivity contribution is 0.412. The minimum absolute atomic E-state index is 0.720. The van der Waals surface area contributed by atoms with Gasteiger partial charge in [0.15, 0.2) is 5.82 Å². The van der Waals surface area contributed by atoms with Crippen LogP contribution in [-0.4, -0.2) is 22.1 Å². The van der Waals surface area contributed by atoms with Crippen molar-refractivity contribution in [1.29, 1.82) is 0 Å². The monoisotopic (exact) mass is 345 g/mol. The molecule has 4 heteroatoms. The average molecular weight is 345 g/mol. The molecular formula is C22H23N3O. The van der Waals surface area contributed by atoms with Gasteiger partial charge in [-0.1, -0.05) is 6.07 Å². The van der Waals surface area contributed by atoms with Crippen molar-refractivity contribution in [3.63, 3.8) is 0 Å². The largest absolute Gasteiger partial charge is 0.496 e. The summed E-state index contributed by atoms with van der Waals surface area (Å²) >= 11 is 0. The zero-order valence-electron chi connectivity index (χ0n) is 15.5. The molecule has 0 fully saturated rings. The fourth-order valence-corrected chi connectivity index (χ4v) is 3.64. The van der Waals surface area contributed by atoms with Gasteiger partial charge in [0.1, 0.15) is 11.4 Å². The highest BCUT2D eigenvalue weighted by Crippen LogP contribution is 2.33. The van der Waals surface area contributed by atoms with Crippen LogP contribution in [0.4, 0.5) is 0 Å². The van der Waals surface area contributed by atoms with Crippen molar-refractivity contribution >= 4 is 0 Å². The smallest absolute Gasteiger partial charge is 0.178 e. The summed E-state index contributed by atoms with van der Waals surface area (Å²) in [5.74, 6) is 1.62. The molecular weight excluding hydrogens is 322 g/mol. The number of hydrogen-bond donors (Lipinski definition) is 0. The molecule has 2 heterocycles. The van der Waals surface area contributed by atoms with E-state index in [1.807, 2.05) is 31.2 Å². The summed E-state index contributed by atoms with van der Waals surface area (Å²) in [4.78, 5) is 14.4. The molecule has 132 valence electrons. The number of ether oxygens (including phenoxy) is 1. The lowest BCUT2D eigenvalue weighted by Gasteiger charge is -2.20. The Morgan fingerprint density at radius 2 is 1.77 bits per heavy atom. The third-order valence-corrected chi connectivity index (χ3v) is 4.97. The molecule has 26 heavy (non-hydrogen) atoms. The Balaban J connectivity index is 1.90. The quantitative estimate of drug-likeness (QED) is 0.690. The van der Waals surface area contributed by atoms with Crippen LogP contribution in [0.25, 0.3) is 22.8 Å². The van der Waals surface area contributed by atoms with Crippen molar-refractivity contribution in [3.8, 4) is 28.5 Å². The highest BCUT2D eigenvalue weighted by atomic mass is 16.5. The van der Waals surface area contributed by atoms with Gasteiger partial charge in [0, 0.05) is 22.5 Å². The highest BCUT2D eigenvalue weighted by Gasteiger charge is 2.20. The molecule has 1 aliphatic rings. The van der Waals surface area contributed by atoms with Crippen LogP contribution in [0.1, 0.15) is 35.4 Å². The standard InChI is InChI=1S/C22H23N3O/c1-14-13-16(11-12-20(14)26-3)21-17-8-4-5-9-18(17)24-22(25-21)19-10-6-7-15(2)23-19/h6-7,10-13H,4-5,8-9H2,1-3H3. The molecule has 2 aromatic heterocycles. The molecule has 1 aromatic carbocycles. The van der Waals surface area contributed by atoms with Crippen LogP contribution in [0.15, 0.2) is 36.4 Å². The minimum Gasteiger partial charge on any atom is -0.496 e. The van der Waals surface area contributed by atoms with E-state index in [0.29, 0.717) is 0 Å². The molecule has 0 saturated heterocycles. The van der Waals surface area contributed by atoms with Crippen molar-refractivity contribution in [1.82, 2.24) is 15.0 Å². The average Bonchev–Trinajstić information content (AvgIpc) is 2.67. The van der Waals surface area contributed by atoms with E-state index in [0.717, 1.165) is 52.6 Å². The van der Waals surface area contributed by atoms with Crippen LogP contribution in [0.3, 0.4) is 0 Å². The maximum Gasteiger partial charge on any atom is 0.178 e. The van der Waals surface area contributed by atoms with Gasteiger partial charge < -0.3 is 4.74 Å². The second-order valence-corrected chi connectivity index (χ2v) is 6.88. The maximum atomic E-state index is 5.41. The molecule has 0 atom stereocenters. The van der Waals surface area contributed by atoms with E-state index < -0.39 is 0 Å². The predicted molar refractivity (Wildman–Crippen MR) is 103 cm³/mol. The van der Waals surface area contributed by atoms with Gasteiger partial charge in [-0.15, -0.1) is 0 Å². The Labute approximate surface area is 154 Å². The molecule has 0 unspecified atom stereocenters. The van der Waals surface area contributed by atoms with E-state index in [9.17, 15) is 0 Å². The number of pyridine rings is 1. The first-order chi connectivity index (χ1) is 12.7. The zero-order chi connectivity index (χ0) is 18.1. The Morgan fingerprint density at radius 1 is 0.923 bits per heavy atom. The molecule has 3 aromatic rings. The van der Waals surface area contributed by atoms with Crippen LogP contribution in [0, 0.1) is 13.8 Å². The summed E-state index contributed by atoms with van der Waals surface area (Å²) in [6.45, 7) is 4.06. The summed E-state index contributed by atoms with van der Waals surface area (Å²) in [5, 5.41) is 0. The van der Waals surface area contributed by atoms with Crippen LogP contribution in [0.2, 0.25) is 0 Å². The predicted octanol–water partition coefficient (Wildman–Crippen LogP) is 4.71. The molecule has 0 spiro atoms. The molecule has 0 radical (unpaired) electrons. The minimum atomic E-state index is 0.720. The van der Waals surface area contributed by atoms with Crippen LogP contribution in [0.5, 0.6) is 5.75 Å². The van der Waals surface area contributed by atoms with Gasteiger partial charge in [-0.25, -0.2) is 15.0 Å². The molecule has 1 aliphatic carbocycles. The van der Waals surface area contributed by atoms with Gasteiger partial charge in [-0.05, 0) is 75.4 Å². The Bertz CT molecular complexity index is 966. The Morgan fingerprint density at radius 3 is 2.54 bits per heavy atom. The second kappa shape index (κ2) is 6.87. The van der Waals surface area contributed by atoms with Gasteiger partial charge >= 0.3 is 0 Å². The second-order valence-electron chi connectivity index (χ2n) is 6.88. The normalized spacial score (nSPS) is 13.3. The molecule has 0 amide bonds. The number of rotatable bonds is 3. The number of aryl methyl sites for hydroxylation is 3. The zero-order valence-corrected chi connectivity index (χ0v) is 15.5. The molecule has 0 saturated carbocycles. The molecule has 4 rings (SSSR count).